The van der Waals surface area contributed by atoms with Gasteiger partial charge in [-0.3, -0.25) is 10.1 Å². The molecule has 1 aromatic rings. The van der Waals surface area contributed by atoms with Crippen LogP contribution in [0.25, 0.3) is 0 Å². The van der Waals surface area contributed by atoms with Crippen LogP contribution in [-0.2, 0) is 0 Å². The molecule has 0 saturated heterocycles. The molecule has 0 fully saturated rings. The van der Waals surface area contributed by atoms with E-state index in [4.69, 9.17) is 0 Å². The van der Waals surface area contributed by atoms with E-state index in [1.165, 1.54) is 13.1 Å². The van der Waals surface area contributed by atoms with Crippen molar-refractivity contribution in [1.29, 1.82) is 0 Å². The van der Waals surface area contributed by atoms with E-state index in [2.05, 4.69) is 5.32 Å². The number of nitro groups is 1. The summed E-state index contributed by atoms with van der Waals surface area (Å²) in [5.41, 5.74) is 2.09. The minimum Gasteiger partial charge on any atom is -0.356 e. The van der Waals surface area contributed by atoms with E-state index in [-0.39, 0.29) is 5.70 Å². The Labute approximate surface area is 82.4 Å². The first-order valence-corrected chi connectivity index (χ1v) is 4.24. The normalized spacial score (nSPS) is 11.1. The molecule has 0 aliphatic carbocycles. The fourth-order valence-electron chi connectivity index (χ4n) is 0.890. The first-order chi connectivity index (χ1) is 6.59. The van der Waals surface area contributed by atoms with Gasteiger partial charge in [0.25, 0.3) is 5.70 Å². The summed E-state index contributed by atoms with van der Waals surface area (Å²) in [6.07, 6.45) is 1.38. The van der Waals surface area contributed by atoms with Crippen molar-refractivity contribution in [2.75, 3.05) is 5.32 Å². The topological polar surface area (TPSA) is 55.2 Å². The van der Waals surface area contributed by atoms with Gasteiger partial charge in [0.1, 0.15) is 0 Å². The quantitative estimate of drug-likeness (QED) is 0.591. The fourth-order valence-corrected chi connectivity index (χ4v) is 0.890. The lowest BCUT2D eigenvalue weighted by Gasteiger charge is -2.00. The molecule has 1 aromatic carbocycles. The number of nitrogens with one attached hydrogen (secondary N) is 1. The maximum absolute atomic E-state index is 10.3. The Morgan fingerprint density at radius 2 is 2.00 bits per heavy atom. The van der Waals surface area contributed by atoms with Crippen LogP contribution in [0.2, 0.25) is 0 Å². The van der Waals surface area contributed by atoms with Gasteiger partial charge >= 0.3 is 0 Å². The van der Waals surface area contributed by atoms with Crippen LogP contribution in [0.4, 0.5) is 5.69 Å². The molecule has 4 nitrogen and oxygen atoms in total. The molecule has 0 radical (unpaired) electrons. The number of hydrogen-bond acceptors (Lipinski definition) is 3. The van der Waals surface area contributed by atoms with Crippen molar-refractivity contribution in [2.45, 2.75) is 13.8 Å². The van der Waals surface area contributed by atoms with Gasteiger partial charge in [0.2, 0.25) is 0 Å². The Bertz CT molecular complexity index is 355. The van der Waals surface area contributed by atoms with Crippen LogP contribution in [0.1, 0.15) is 12.5 Å². The van der Waals surface area contributed by atoms with Crippen LogP contribution in [0.3, 0.4) is 0 Å². The molecule has 1 N–H and O–H groups in total. The highest BCUT2D eigenvalue weighted by Crippen LogP contribution is 2.08. The standard InChI is InChI=1S/C10H12N2O2/c1-8-3-5-10(6-4-8)11-7-9(2)12(13)14/h3-7,11H,1-2H3/b9-7-. The van der Waals surface area contributed by atoms with E-state index < -0.39 is 4.92 Å². The molecule has 0 bridgehead atoms. The number of nitrogens with zero attached hydrogens (tertiary/aromatic N) is 1. The molecule has 0 atom stereocenters. The number of rotatable bonds is 3. The molecule has 0 aliphatic heterocycles. The number of benzene rings is 1. The molecule has 0 aromatic heterocycles. The number of anilines is 1. The summed E-state index contributed by atoms with van der Waals surface area (Å²) in [6, 6.07) is 7.63. The van der Waals surface area contributed by atoms with Crippen molar-refractivity contribution in [3.05, 3.63) is 51.8 Å². The second-order valence-electron chi connectivity index (χ2n) is 3.05. The summed E-state index contributed by atoms with van der Waals surface area (Å²) >= 11 is 0. The van der Waals surface area contributed by atoms with E-state index in [1.54, 1.807) is 0 Å². The monoisotopic (exact) mass is 192 g/mol. The van der Waals surface area contributed by atoms with Crippen LogP contribution in [-0.4, -0.2) is 4.92 Å². The van der Waals surface area contributed by atoms with Gasteiger partial charge in [-0.2, -0.15) is 0 Å². The first kappa shape index (κ1) is 10.2. The maximum Gasteiger partial charge on any atom is 0.258 e. The highest BCUT2D eigenvalue weighted by atomic mass is 16.6. The third kappa shape index (κ3) is 2.90. The van der Waals surface area contributed by atoms with Crippen LogP contribution < -0.4 is 5.32 Å². The van der Waals surface area contributed by atoms with Crippen LogP contribution in [0.15, 0.2) is 36.2 Å². The zero-order valence-corrected chi connectivity index (χ0v) is 8.15. The summed E-state index contributed by atoms with van der Waals surface area (Å²) in [4.78, 5) is 9.84. The van der Waals surface area contributed by atoms with Crippen molar-refractivity contribution in [3.8, 4) is 0 Å². The molecular weight excluding hydrogens is 180 g/mol. The molecule has 0 aliphatic rings. The third-order valence-corrected chi connectivity index (χ3v) is 1.79. The summed E-state index contributed by atoms with van der Waals surface area (Å²) in [5.74, 6) is 0. The number of hydrogen-bond donors (Lipinski definition) is 1. The Hall–Kier alpha value is -1.84. The Morgan fingerprint density at radius 1 is 1.43 bits per heavy atom. The van der Waals surface area contributed by atoms with E-state index in [0.717, 1.165) is 11.3 Å². The smallest absolute Gasteiger partial charge is 0.258 e. The third-order valence-electron chi connectivity index (χ3n) is 1.79. The van der Waals surface area contributed by atoms with Gasteiger partial charge in [0, 0.05) is 12.6 Å². The lowest BCUT2D eigenvalue weighted by Crippen LogP contribution is -1.97. The van der Waals surface area contributed by atoms with Crippen molar-refractivity contribution < 1.29 is 4.92 Å². The van der Waals surface area contributed by atoms with E-state index in [1.807, 2.05) is 31.2 Å². The van der Waals surface area contributed by atoms with Gasteiger partial charge in [0.05, 0.1) is 11.1 Å². The van der Waals surface area contributed by atoms with Gasteiger partial charge in [-0.15, -0.1) is 0 Å². The van der Waals surface area contributed by atoms with E-state index >= 15 is 0 Å². The summed E-state index contributed by atoms with van der Waals surface area (Å²) < 4.78 is 0. The predicted molar refractivity (Wildman–Crippen MR) is 55.6 cm³/mol. The molecule has 1 rings (SSSR count). The van der Waals surface area contributed by atoms with Crippen molar-refractivity contribution >= 4 is 5.69 Å². The lowest BCUT2D eigenvalue weighted by molar-refractivity contribution is -0.424. The molecular formula is C10H12N2O2. The molecule has 74 valence electrons. The maximum atomic E-state index is 10.3. The largest absolute Gasteiger partial charge is 0.356 e. The second kappa shape index (κ2) is 4.41. The highest BCUT2D eigenvalue weighted by Gasteiger charge is 1.99. The Morgan fingerprint density at radius 3 is 2.50 bits per heavy atom. The number of allylic oxidation sites excluding steroid dienone is 1. The first-order valence-electron chi connectivity index (χ1n) is 4.24. The average Bonchev–Trinajstić information content (AvgIpc) is 2.16. The number of aryl methyl sites for hydroxylation is 1. The molecule has 0 saturated carbocycles. The van der Waals surface area contributed by atoms with Crippen LogP contribution in [0.5, 0.6) is 0 Å². The zero-order valence-electron chi connectivity index (χ0n) is 8.15. The Kier molecular flexibility index (Phi) is 3.23. The van der Waals surface area contributed by atoms with Crippen molar-refractivity contribution in [1.82, 2.24) is 0 Å². The van der Waals surface area contributed by atoms with Gasteiger partial charge < -0.3 is 5.32 Å². The molecule has 0 spiro atoms. The summed E-state index contributed by atoms with van der Waals surface area (Å²) in [6.45, 7) is 3.43. The minimum absolute atomic E-state index is 0.0885. The van der Waals surface area contributed by atoms with Crippen LogP contribution >= 0.6 is 0 Å². The van der Waals surface area contributed by atoms with Crippen molar-refractivity contribution in [3.63, 3.8) is 0 Å². The molecule has 0 amide bonds. The average molecular weight is 192 g/mol. The molecule has 4 heteroatoms. The van der Waals surface area contributed by atoms with Crippen molar-refractivity contribution in [2.24, 2.45) is 0 Å². The fraction of sp³-hybridized carbons (Fsp3) is 0.200. The van der Waals surface area contributed by atoms with Crippen LogP contribution in [0, 0.1) is 17.0 Å². The SMILES string of the molecule is C/C(=C/Nc1ccc(C)cc1)[N+](=O)[O-]. The predicted octanol–water partition coefficient (Wildman–Crippen LogP) is 2.54. The molecule has 0 unspecified atom stereocenters. The van der Waals surface area contributed by atoms with Gasteiger partial charge in [0.15, 0.2) is 0 Å². The zero-order chi connectivity index (χ0) is 10.6. The Balaban J connectivity index is 2.66. The van der Waals surface area contributed by atoms with Gasteiger partial charge in [-0.25, -0.2) is 0 Å². The highest BCUT2D eigenvalue weighted by molar-refractivity contribution is 5.46. The second-order valence-corrected chi connectivity index (χ2v) is 3.05. The minimum atomic E-state index is -0.429. The molecule has 0 heterocycles. The summed E-state index contributed by atoms with van der Waals surface area (Å²) in [5, 5.41) is 13.1. The molecule has 14 heavy (non-hydrogen) atoms. The van der Waals surface area contributed by atoms with Gasteiger partial charge in [-0.1, -0.05) is 17.7 Å². The lowest BCUT2D eigenvalue weighted by atomic mass is 10.2. The summed E-state index contributed by atoms with van der Waals surface area (Å²) in [7, 11) is 0. The van der Waals surface area contributed by atoms with E-state index in [9.17, 15) is 10.1 Å². The van der Waals surface area contributed by atoms with E-state index in [0.29, 0.717) is 0 Å². The van der Waals surface area contributed by atoms with Gasteiger partial charge in [-0.05, 0) is 19.1 Å².